The molecule has 2 amide bonds. The number of nitrogens with zero attached hydrogens (tertiary/aromatic N) is 3. The molecule has 1 aromatic carbocycles. The van der Waals surface area contributed by atoms with Crippen LogP contribution < -0.4 is 10.1 Å². The topological polar surface area (TPSA) is 57.7 Å². The van der Waals surface area contributed by atoms with Gasteiger partial charge in [0.15, 0.2) is 0 Å². The molecule has 186 valence electrons. The first-order chi connectivity index (χ1) is 16.1. The van der Waals surface area contributed by atoms with Crippen molar-refractivity contribution < 1.29 is 22.7 Å². The summed E-state index contributed by atoms with van der Waals surface area (Å²) < 4.78 is 44.3. The summed E-state index contributed by atoms with van der Waals surface area (Å²) in [6.45, 7) is 7.01. The first-order valence-electron chi connectivity index (χ1n) is 11.6. The van der Waals surface area contributed by atoms with Crippen molar-refractivity contribution in [2.24, 2.45) is 5.92 Å². The first-order valence-corrected chi connectivity index (χ1v) is 11.6. The Labute approximate surface area is 199 Å². The zero-order chi connectivity index (χ0) is 24.7. The lowest BCUT2D eigenvalue weighted by Gasteiger charge is -2.37. The molecule has 0 radical (unpaired) electrons. The average Bonchev–Trinajstić information content (AvgIpc) is 2.80. The predicted molar refractivity (Wildman–Crippen MR) is 124 cm³/mol. The quantitative estimate of drug-likeness (QED) is 0.584. The van der Waals surface area contributed by atoms with E-state index in [1.807, 2.05) is 31.3 Å². The molecule has 6 nitrogen and oxygen atoms in total. The van der Waals surface area contributed by atoms with Gasteiger partial charge in [-0.05, 0) is 68.7 Å². The maximum atomic E-state index is 13.1. The fourth-order valence-corrected chi connectivity index (χ4v) is 3.78. The number of halogens is 3. The number of carbonyl (C=O) groups excluding carboxylic acids is 1. The second-order valence-electron chi connectivity index (χ2n) is 9.21. The Morgan fingerprint density at radius 2 is 1.85 bits per heavy atom. The lowest BCUT2D eigenvalue weighted by Crippen LogP contribution is -2.49. The molecule has 0 aliphatic carbocycles. The zero-order valence-electron chi connectivity index (χ0n) is 19.9. The fraction of sp³-hybridized carbons (Fsp3) is 0.520. The average molecular weight is 479 g/mol. The van der Waals surface area contributed by atoms with Crippen molar-refractivity contribution in [1.29, 1.82) is 0 Å². The van der Waals surface area contributed by atoms with Gasteiger partial charge < -0.3 is 19.9 Å². The standard InChI is InChI=1S/C25H33F3N4O2/c1-18(2)17-34-23-8-4-19(5-9-23)14-30-24(33)32(22-10-12-31(3)13-11-22)16-21-7-6-20(15-29-21)25(26,27)28/h4-9,15,18,22H,10-14,16-17H2,1-3H3,(H,30,33). The van der Waals surface area contributed by atoms with E-state index in [-0.39, 0.29) is 18.6 Å². The van der Waals surface area contributed by atoms with Crippen LogP contribution in [0.2, 0.25) is 0 Å². The van der Waals surface area contributed by atoms with Crippen LogP contribution in [0.15, 0.2) is 42.6 Å². The summed E-state index contributed by atoms with van der Waals surface area (Å²) >= 11 is 0. The third-order valence-electron chi connectivity index (χ3n) is 5.82. The van der Waals surface area contributed by atoms with Crippen LogP contribution in [-0.2, 0) is 19.3 Å². The number of amides is 2. The van der Waals surface area contributed by atoms with Gasteiger partial charge in [-0.1, -0.05) is 26.0 Å². The maximum Gasteiger partial charge on any atom is 0.417 e. The molecule has 1 saturated heterocycles. The van der Waals surface area contributed by atoms with Gasteiger partial charge in [-0.15, -0.1) is 0 Å². The minimum absolute atomic E-state index is 0.00731. The lowest BCUT2D eigenvalue weighted by molar-refractivity contribution is -0.137. The van der Waals surface area contributed by atoms with Crippen LogP contribution >= 0.6 is 0 Å². The minimum Gasteiger partial charge on any atom is -0.493 e. The van der Waals surface area contributed by atoms with Crippen LogP contribution in [0.4, 0.5) is 18.0 Å². The highest BCUT2D eigenvalue weighted by atomic mass is 19.4. The SMILES string of the molecule is CC(C)COc1ccc(CNC(=O)N(Cc2ccc(C(F)(F)F)cn2)C2CCN(C)CC2)cc1. The minimum atomic E-state index is -4.44. The number of alkyl halides is 3. The molecule has 3 rings (SSSR count). The molecule has 1 N–H and O–H groups in total. The van der Waals surface area contributed by atoms with Crippen molar-refractivity contribution >= 4 is 6.03 Å². The highest BCUT2D eigenvalue weighted by molar-refractivity contribution is 5.74. The number of aromatic nitrogens is 1. The summed E-state index contributed by atoms with van der Waals surface area (Å²) in [5, 5.41) is 2.96. The van der Waals surface area contributed by atoms with Gasteiger partial charge in [0.1, 0.15) is 5.75 Å². The van der Waals surface area contributed by atoms with Gasteiger partial charge in [0.2, 0.25) is 0 Å². The summed E-state index contributed by atoms with van der Waals surface area (Å²) in [4.78, 5) is 21.0. The van der Waals surface area contributed by atoms with Gasteiger partial charge in [0.25, 0.3) is 0 Å². The van der Waals surface area contributed by atoms with Gasteiger partial charge >= 0.3 is 12.2 Å². The zero-order valence-corrected chi connectivity index (χ0v) is 19.9. The molecule has 34 heavy (non-hydrogen) atoms. The highest BCUT2D eigenvalue weighted by Crippen LogP contribution is 2.28. The van der Waals surface area contributed by atoms with Gasteiger partial charge in [0, 0.05) is 18.8 Å². The number of likely N-dealkylation sites (tertiary alicyclic amines) is 1. The number of urea groups is 1. The van der Waals surface area contributed by atoms with E-state index in [4.69, 9.17) is 4.74 Å². The van der Waals surface area contributed by atoms with E-state index < -0.39 is 11.7 Å². The number of benzene rings is 1. The molecule has 0 atom stereocenters. The third-order valence-corrected chi connectivity index (χ3v) is 5.82. The molecule has 9 heteroatoms. The number of ether oxygens (including phenoxy) is 1. The third kappa shape index (κ3) is 7.62. The smallest absolute Gasteiger partial charge is 0.417 e. The van der Waals surface area contributed by atoms with Crippen molar-refractivity contribution in [2.75, 3.05) is 26.7 Å². The maximum absolute atomic E-state index is 13.1. The van der Waals surface area contributed by atoms with E-state index in [1.54, 1.807) is 4.90 Å². The summed E-state index contributed by atoms with van der Waals surface area (Å²) in [6.07, 6.45) is -2.02. The lowest BCUT2D eigenvalue weighted by atomic mass is 10.0. The van der Waals surface area contributed by atoms with Crippen molar-refractivity contribution in [3.63, 3.8) is 0 Å². The van der Waals surface area contributed by atoms with E-state index in [1.165, 1.54) is 6.07 Å². The van der Waals surface area contributed by atoms with Crippen molar-refractivity contribution in [3.8, 4) is 5.75 Å². The van der Waals surface area contributed by atoms with Gasteiger partial charge in [-0.3, -0.25) is 4.98 Å². The number of rotatable bonds is 8. The van der Waals surface area contributed by atoms with E-state index in [2.05, 4.69) is 29.0 Å². The second-order valence-corrected chi connectivity index (χ2v) is 9.21. The van der Waals surface area contributed by atoms with Gasteiger partial charge in [0.05, 0.1) is 24.4 Å². The Morgan fingerprint density at radius 1 is 1.18 bits per heavy atom. The number of pyridine rings is 1. The Morgan fingerprint density at radius 3 is 2.41 bits per heavy atom. The Kier molecular flexibility index (Phi) is 8.77. The molecule has 2 heterocycles. The van der Waals surface area contributed by atoms with Crippen LogP contribution in [0.5, 0.6) is 5.75 Å². The monoisotopic (exact) mass is 478 g/mol. The van der Waals surface area contributed by atoms with Crippen LogP contribution in [0.25, 0.3) is 0 Å². The molecule has 0 spiro atoms. The largest absolute Gasteiger partial charge is 0.493 e. The molecular formula is C25H33F3N4O2. The predicted octanol–water partition coefficient (Wildman–Crippen LogP) is 4.94. The van der Waals surface area contributed by atoms with Gasteiger partial charge in [-0.2, -0.15) is 13.2 Å². The molecule has 0 saturated carbocycles. The molecule has 1 aromatic heterocycles. The summed E-state index contributed by atoms with van der Waals surface area (Å²) in [7, 11) is 2.03. The van der Waals surface area contributed by atoms with E-state index in [9.17, 15) is 18.0 Å². The normalized spacial score (nSPS) is 15.4. The van der Waals surface area contributed by atoms with Crippen LogP contribution in [0.3, 0.4) is 0 Å². The number of hydrogen-bond donors (Lipinski definition) is 1. The second kappa shape index (κ2) is 11.6. The Balaban J connectivity index is 1.65. The molecule has 1 aliphatic rings. The number of piperidine rings is 1. The number of nitrogens with one attached hydrogen (secondary N) is 1. The van der Waals surface area contributed by atoms with E-state index in [0.717, 1.165) is 49.5 Å². The van der Waals surface area contributed by atoms with E-state index >= 15 is 0 Å². The summed E-state index contributed by atoms with van der Waals surface area (Å²) in [6, 6.07) is 9.67. The van der Waals surface area contributed by atoms with Crippen LogP contribution in [0, 0.1) is 5.92 Å². The molecule has 0 bridgehead atoms. The highest BCUT2D eigenvalue weighted by Gasteiger charge is 2.31. The number of hydrogen-bond acceptors (Lipinski definition) is 4. The van der Waals surface area contributed by atoms with Crippen LogP contribution in [-0.4, -0.2) is 53.6 Å². The van der Waals surface area contributed by atoms with Crippen molar-refractivity contribution in [3.05, 3.63) is 59.4 Å². The number of carbonyl (C=O) groups is 1. The molecule has 1 aliphatic heterocycles. The van der Waals surface area contributed by atoms with Crippen molar-refractivity contribution in [2.45, 2.75) is 52.0 Å². The molecule has 1 fully saturated rings. The molecule has 0 unspecified atom stereocenters. The molecular weight excluding hydrogens is 445 g/mol. The van der Waals surface area contributed by atoms with E-state index in [0.29, 0.717) is 24.8 Å². The van der Waals surface area contributed by atoms with Gasteiger partial charge in [-0.25, -0.2) is 4.79 Å². The summed E-state index contributed by atoms with van der Waals surface area (Å²) in [5.74, 6) is 1.22. The Hall–Kier alpha value is -2.81. The molecule has 2 aromatic rings. The first kappa shape index (κ1) is 25.8. The van der Waals surface area contributed by atoms with Crippen LogP contribution in [0.1, 0.15) is 43.5 Å². The Bertz CT molecular complexity index is 909. The summed E-state index contributed by atoms with van der Waals surface area (Å²) in [5.41, 5.74) is 0.558. The van der Waals surface area contributed by atoms with Crippen molar-refractivity contribution in [1.82, 2.24) is 20.1 Å². The fourth-order valence-electron chi connectivity index (χ4n) is 3.78.